The molecule has 0 spiro atoms. The summed E-state index contributed by atoms with van der Waals surface area (Å²) in [6.45, 7) is 5.41. The Morgan fingerprint density at radius 3 is 2.73 bits per heavy atom. The minimum atomic E-state index is -0.345. The summed E-state index contributed by atoms with van der Waals surface area (Å²) in [6.07, 6.45) is 0. The van der Waals surface area contributed by atoms with Crippen molar-refractivity contribution in [3.63, 3.8) is 0 Å². The molecule has 2 rings (SSSR count). The van der Waals surface area contributed by atoms with E-state index in [4.69, 9.17) is 23.2 Å². The second kappa shape index (κ2) is 7.31. The Balaban J connectivity index is 1.92. The van der Waals surface area contributed by atoms with E-state index >= 15 is 0 Å². The van der Waals surface area contributed by atoms with E-state index in [1.165, 1.54) is 6.07 Å². The molecule has 1 heterocycles. The lowest BCUT2D eigenvalue weighted by atomic mass is 10.1. The van der Waals surface area contributed by atoms with Gasteiger partial charge in [-0.05, 0) is 32.0 Å². The second-order valence-corrected chi connectivity index (χ2v) is 6.20. The quantitative estimate of drug-likeness (QED) is 0.881. The maximum absolute atomic E-state index is 12.2. The summed E-state index contributed by atoms with van der Waals surface area (Å²) in [7, 11) is 0. The van der Waals surface area contributed by atoms with Gasteiger partial charge >= 0.3 is 0 Å². The molecule has 0 bridgehead atoms. The summed E-state index contributed by atoms with van der Waals surface area (Å²) in [5.41, 5.74) is 0.379. The minimum absolute atomic E-state index is 0.0316. The molecule has 0 aromatic heterocycles. The van der Waals surface area contributed by atoms with Gasteiger partial charge in [-0.1, -0.05) is 23.2 Å². The fourth-order valence-electron chi connectivity index (χ4n) is 2.41. The summed E-state index contributed by atoms with van der Waals surface area (Å²) >= 11 is 11.7. The van der Waals surface area contributed by atoms with Gasteiger partial charge in [-0.2, -0.15) is 0 Å². The fraction of sp³-hybridized carbons (Fsp3) is 0.467. The molecular weight excluding hydrogens is 325 g/mol. The zero-order valence-corrected chi connectivity index (χ0v) is 14.0. The number of rotatable bonds is 3. The third kappa shape index (κ3) is 3.91. The van der Waals surface area contributed by atoms with E-state index in [1.807, 2.05) is 13.8 Å². The van der Waals surface area contributed by atoms with Gasteiger partial charge in [0.1, 0.15) is 0 Å². The van der Waals surface area contributed by atoms with Crippen molar-refractivity contribution in [1.82, 2.24) is 15.5 Å². The second-order valence-electron chi connectivity index (χ2n) is 5.38. The zero-order valence-electron chi connectivity index (χ0n) is 12.5. The van der Waals surface area contributed by atoms with Gasteiger partial charge in [-0.25, -0.2) is 0 Å². The third-order valence-corrected chi connectivity index (χ3v) is 4.68. The smallest absolute Gasteiger partial charge is 0.251 e. The van der Waals surface area contributed by atoms with Crippen molar-refractivity contribution in [1.29, 1.82) is 0 Å². The highest BCUT2D eigenvalue weighted by molar-refractivity contribution is 6.42. The van der Waals surface area contributed by atoms with Crippen LogP contribution in [0.15, 0.2) is 18.2 Å². The van der Waals surface area contributed by atoms with Gasteiger partial charge in [0, 0.05) is 30.7 Å². The first-order valence-electron chi connectivity index (χ1n) is 7.16. The number of carbonyl (C=O) groups excluding carboxylic acids is 2. The van der Waals surface area contributed by atoms with Gasteiger partial charge in [0.2, 0.25) is 5.91 Å². The molecule has 1 aliphatic heterocycles. The number of hydrogen-bond donors (Lipinski definition) is 2. The van der Waals surface area contributed by atoms with Crippen LogP contribution in [0.4, 0.5) is 0 Å². The Hall–Kier alpha value is -1.30. The topological polar surface area (TPSA) is 61.4 Å². The Morgan fingerprint density at radius 1 is 1.32 bits per heavy atom. The molecule has 2 unspecified atom stereocenters. The molecule has 2 amide bonds. The highest BCUT2D eigenvalue weighted by atomic mass is 35.5. The average Bonchev–Trinajstić information content (AvgIpc) is 2.50. The van der Waals surface area contributed by atoms with Crippen molar-refractivity contribution in [2.45, 2.75) is 25.9 Å². The molecule has 120 valence electrons. The summed E-state index contributed by atoms with van der Waals surface area (Å²) < 4.78 is 0. The van der Waals surface area contributed by atoms with E-state index in [-0.39, 0.29) is 30.4 Å². The van der Waals surface area contributed by atoms with E-state index in [1.54, 1.807) is 17.0 Å². The Kier molecular flexibility index (Phi) is 5.67. The van der Waals surface area contributed by atoms with Crippen LogP contribution in [-0.2, 0) is 4.79 Å². The first kappa shape index (κ1) is 17.1. The summed E-state index contributed by atoms with van der Waals surface area (Å²) in [4.78, 5) is 26.1. The predicted octanol–water partition coefficient (Wildman–Crippen LogP) is 1.93. The molecule has 5 nitrogen and oxygen atoms in total. The van der Waals surface area contributed by atoms with Gasteiger partial charge in [-0.3, -0.25) is 9.59 Å². The van der Waals surface area contributed by atoms with E-state index in [0.29, 0.717) is 22.2 Å². The minimum Gasteiger partial charge on any atom is -0.343 e. The van der Waals surface area contributed by atoms with Crippen LogP contribution < -0.4 is 10.6 Å². The van der Waals surface area contributed by atoms with Crippen LogP contribution in [0.2, 0.25) is 10.0 Å². The SMILES string of the molecule is CC1NCCN(C(=O)CNC(=O)c2ccc(Cl)c(Cl)c2)C1C. The van der Waals surface area contributed by atoms with E-state index in [0.717, 1.165) is 6.54 Å². The standard InChI is InChI=1S/C15H19Cl2N3O2/c1-9-10(2)20(6-5-18-9)14(21)8-19-15(22)11-3-4-12(16)13(17)7-11/h3-4,7,9-10,18H,5-6,8H2,1-2H3,(H,19,22). The normalized spacial score (nSPS) is 21.5. The van der Waals surface area contributed by atoms with Crippen LogP contribution in [0.5, 0.6) is 0 Å². The fourth-order valence-corrected chi connectivity index (χ4v) is 2.70. The molecular formula is C15H19Cl2N3O2. The lowest BCUT2D eigenvalue weighted by Gasteiger charge is -2.38. The van der Waals surface area contributed by atoms with Gasteiger partial charge < -0.3 is 15.5 Å². The number of halogens is 2. The van der Waals surface area contributed by atoms with E-state index < -0.39 is 0 Å². The van der Waals surface area contributed by atoms with Crippen LogP contribution in [0.1, 0.15) is 24.2 Å². The van der Waals surface area contributed by atoms with Crippen molar-refractivity contribution >= 4 is 35.0 Å². The third-order valence-electron chi connectivity index (χ3n) is 3.94. The first-order valence-corrected chi connectivity index (χ1v) is 7.92. The number of benzene rings is 1. The Bertz CT molecular complexity index is 580. The zero-order chi connectivity index (χ0) is 16.3. The maximum atomic E-state index is 12.2. The molecule has 1 aliphatic rings. The molecule has 22 heavy (non-hydrogen) atoms. The molecule has 7 heteroatoms. The van der Waals surface area contributed by atoms with Gasteiger partial charge in [0.05, 0.1) is 16.6 Å². The Morgan fingerprint density at radius 2 is 2.05 bits per heavy atom. The number of hydrogen-bond acceptors (Lipinski definition) is 3. The molecule has 1 saturated heterocycles. The largest absolute Gasteiger partial charge is 0.343 e. The van der Waals surface area contributed by atoms with E-state index in [9.17, 15) is 9.59 Å². The number of carbonyl (C=O) groups is 2. The monoisotopic (exact) mass is 343 g/mol. The highest BCUT2D eigenvalue weighted by Crippen LogP contribution is 2.22. The van der Waals surface area contributed by atoms with Crippen LogP contribution in [0, 0.1) is 0 Å². The number of piperazine rings is 1. The van der Waals surface area contributed by atoms with Gasteiger partial charge in [0.15, 0.2) is 0 Å². The van der Waals surface area contributed by atoms with Crippen molar-refractivity contribution in [2.75, 3.05) is 19.6 Å². The van der Waals surface area contributed by atoms with Crippen molar-refractivity contribution < 1.29 is 9.59 Å². The van der Waals surface area contributed by atoms with E-state index in [2.05, 4.69) is 10.6 Å². The molecule has 0 saturated carbocycles. The van der Waals surface area contributed by atoms with Crippen LogP contribution in [-0.4, -0.2) is 48.4 Å². The maximum Gasteiger partial charge on any atom is 0.251 e. The van der Waals surface area contributed by atoms with Gasteiger partial charge in [0.25, 0.3) is 5.91 Å². The average molecular weight is 344 g/mol. The molecule has 2 atom stereocenters. The lowest BCUT2D eigenvalue weighted by molar-refractivity contribution is -0.133. The van der Waals surface area contributed by atoms with Crippen molar-refractivity contribution in [2.24, 2.45) is 0 Å². The Labute approximate surface area is 139 Å². The van der Waals surface area contributed by atoms with Crippen LogP contribution in [0.25, 0.3) is 0 Å². The molecule has 1 aromatic rings. The van der Waals surface area contributed by atoms with Crippen molar-refractivity contribution in [3.05, 3.63) is 33.8 Å². The molecule has 1 fully saturated rings. The van der Waals surface area contributed by atoms with Crippen molar-refractivity contribution in [3.8, 4) is 0 Å². The predicted molar refractivity (Wildman–Crippen MR) is 87.4 cm³/mol. The number of amides is 2. The molecule has 1 aromatic carbocycles. The summed E-state index contributed by atoms with van der Waals surface area (Å²) in [5, 5.41) is 6.63. The first-order chi connectivity index (χ1) is 10.4. The number of nitrogens with one attached hydrogen (secondary N) is 2. The summed E-state index contributed by atoms with van der Waals surface area (Å²) in [5.74, 6) is -0.433. The van der Waals surface area contributed by atoms with Crippen LogP contribution >= 0.6 is 23.2 Å². The number of nitrogens with zero attached hydrogens (tertiary/aromatic N) is 1. The summed E-state index contributed by atoms with van der Waals surface area (Å²) in [6, 6.07) is 4.95. The molecule has 2 N–H and O–H groups in total. The highest BCUT2D eigenvalue weighted by Gasteiger charge is 2.27. The van der Waals surface area contributed by atoms with Crippen LogP contribution in [0.3, 0.4) is 0 Å². The molecule has 0 radical (unpaired) electrons. The molecule has 0 aliphatic carbocycles. The van der Waals surface area contributed by atoms with Gasteiger partial charge in [-0.15, -0.1) is 0 Å². The lowest BCUT2D eigenvalue weighted by Crippen LogP contribution is -2.58.